The van der Waals surface area contributed by atoms with Crippen LogP contribution in [0.3, 0.4) is 0 Å². The summed E-state index contributed by atoms with van der Waals surface area (Å²) in [6.45, 7) is 14.9. The molecule has 3 nitrogen and oxygen atoms in total. The minimum atomic E-state index is -0.137. The van der Waals surface area contributed by atoms with Crippen LogP contribution in [-0.4, -0.2) is 18.8 Å². The molecule has 1 heterocycles. The van der Waals surface area contributed by atoms with Crippen LogP contribution in [0.5, 0.6) is 11.5 Å². The smallest absolute Gasteiger partial charge is 0.125 e. The molecule has 1 atom stereocenters. The third kappa shape index (κ3) is 4.64. The summed E-state index contributed by atoms with van der Waals surface area (Å²) in [6, 6.07) is 6.53. The summed E-state index contributed by atoms with van der Waals surface area (Å²) < 4.78 is 12.0. The van der Waals surface area contributed by atoms with Gasteiger partial charge in [0.15, 0.2) is 0 Å². The minimum absolute atomic E-state index is 0.137. The van der Waals surface area contributed by atoms with E-state index in [4.69, 9.17) is 9.47 Å². The molecule has 0 saturated heterocycles. The van der Waals surface area contributed by atoms with Crippen LogP contribution in [0.4, 0.5) is 0 Å². The lowest BCUT2D eigenvalue weighted by atomic mass is 9.89. The molecule has 0 aliphatic carbocycles. The van der Waals surface area contributed by atoms with Crippen molar-refractivity contribution in [3.8, 4) is 11.5 Å². The molecule has 3 heteroatoms. The molecule has 1 aromatic rings. The fraction of sp³-hybridized carbons (Fsp3) is 0.684. The Balaban J connectivity index is 2.20. The standard InChI is InChI=1S/C19H31NO2/c1-13(2)11-20-17-10-19(5,6)22-18-8-7-15(9-16(17)18)21-12-14(3)4/h7-9,13-14,17,20H,10-12H2,1-6H3. The number of hydrogen-bond donors (Lipinski definition) is 1. The molecule has 1 unspecified atom stereocenters. The molecule has 1 aromatic carbocycles. The molecule has 2 rings (SSSR count). The van der Waals surface area contributed by atoms with E-state index in [0.29, 0.717) is 17.9 Å². The van der Waals surface area contributed by atoms with Crippen molar-refractivity contribution in [2.45, 2.75) is 59.6 Å². The number of fused-ring (bicyclic) bond motifs is 1. The molecular formula is C19H31NO2. The second kappa shape index (κ2) is 6.91. The Kier molecular flexibility index (Phi) is 5.38. The van der Waals surface area contributed by atoms with Crippen LogP contribution in [0.2, 0.25) is 0 Å². The maximum atomic E-state index is 6.14. The highest BCUT2D eigenvalue weighted by Crippen LogP contribution is 2.41. The predicted octanol–water partition coefficient (Wildman–Crippen LogP) is 4.57. The summed E-state index contributed by atoms with van der Waals surface area (Å²) in [6.07, 6.45) is 0.973. The number of benzene rings is 1. The van der Waals surface area contributed by atoms with E-state index in [-0.39, 0.29) is 5.60 Å². The Morgan fingerprint density at radius 1 is 1.23 bits per heavy atom. The van der Waals surface area contributed by atoms with Crippen molar-refractivity contribution in [2.24, 2.45) is 11.8 Å². The van der Waals surface area contributed by atoms with Gasteiger partial charge in [0.1, 0.15) is 17.1 Å². The van der Waals surface area contributed by atoms with Gasteiger partial charge in [-0.1, -0.05) is 27.7 Å². The first-order chi connectivity index (χ1) is 10.3. The molecular weight excluding hydrogens is 274 g/mol. The van der Waals surface area contributed by atoms with Gasteiger partial charge in [-0.25, -0.2) is 0 Å². The first-order valence-electron chi connectivity index (χ1n) is 8.46. The lowest BCUT2D eigenvalue weighted by molar-refractivity contribution is 0.0652. The molecule has 0 saturated carbocycles. The van der Waals surface area contributed by atoms with Crippen molar-refractivity contribution in [3.63, 3.8) is 0 Å². The number of nitrogens with one attached hydrogen (secondary N) is 1. The zero-order valence-corrected chi connectivity index (χ0v) is 14.9. The Morgan fingerprint density at radius 2 is 1.95 bits per heavy atom. The SMILES string of the molecule is CC(C)CNC1CC(C)(C)Oc2ccc(OCC(C)C)cc21. The normalized spacial score (nSPS) is 19.9. The van der Waals surface area contributed by atoms with Gasteiger partial charge < -0.3 is 14.8 Å². The average molecular weight is 305 g/mol. The van der Waals surface area contributed by atoms with Crippen LogP contribution in [0.25, 0.3) is 0 Å². The van der Waals surface area contributed by atoms with Crippen molar-refractivity contribution < 1.29 is 9.47 Å². The van der Waals surface area contributed by atoms with Crippen LogP contribution >= 0.6 is 0 Å². The van der Waals surface area contributed by atoms with Crippen LogP contribution in [-0.2, 0) is 0 Å². The van der Waals surface area contributed by atoms with Gasteiger partial charge in [-0.05, 0) is 50.4 Å². The number of rotatable bonds is 6. The monoisotopic (exact) mass is 305 g/mol. The highest BCUT2D eigenvalue weighted by molar-refractivity contribution is 5.44. The van der Waals surface area contributed by atoms with Crippen LogP contribution in [0.15, 0.2) is 18.2 Å². The van der Waals surface area contributed by atoms with Crippen molar-refractivity contribution in [3.05, 3.63) is 23.8 Å². The molecule has 0 aromatic heterocycles. The largest absolute Gasteiger partial charge is 0.493 e. The molecule has 1 aliphatic rings. The summed E-state index contributed by atoms with van der Waals surface area (Å²) in [7, 11) is 0. The zero-order chi connectivity index (χ0) is 16.3. The van der Waals surface area contributed by atoms with E-state index in [1.807, 2.05) is 6.07 Å². The molecule has 1 N–H and O–H groups in total. The minimum Gasteiger partial charge on any atom is -0.493 e. The fourth-order valence-electron chi connectivity index (χ4n) is 2.75. The second-order valence-corrected chi connectivity index (χ2v) is 7.83. The average Bonchev–Trinajstić information content (AvgIpc) is 2.41. The summed E-state index contributed by atoms with van der Waals surface area (Å²) in [5.41, 5.74) is 1.09. The van der Waals surface area contributed by atoms with E-state index in [2.05, 4.69) is 59.0 Å². The Labute approximate surface area is 135 Å². The number of hydrogen-bond acceptors (Lipinski definition) is 3. The third-order valence-electron chi connectivity index (χ3n) is 3.79. The molecule has 0 radical (unpaired) electrons. The third-order valence-corrected chi connectivity index (χ3v) is 3.79. The molecule has 0 fully saturated rings. The van der Waals surface area contributed by atoms with E-state index in [1.54, 1.807) is 0 Å². The molecule has 124 valence electrons. The van der Waals surface area contributed by atoms with Crippen molar-refractivity contribution in [1.82, 2.24) is 5.32 Å². The maximum absolute atomic E-state index is 6.14. The highest BCUT2D eigenvalue weighted by atomic mass is 16.5. The van der Waals surface area contributed by atoms with E-state index < -0.39 is 0 Å². The van der Waals surface area contributed by atoms with E-state index in [9.17, 15) is 0 Å². The maximum Gasteiger partial charge on any atom is 0.125 e. The molecule has 22 heavy (non-hydrogen) atoms. The van der Waals surface area contributed by atoms with Gasteiger partial charge in [-0.3, -0.25) is 0 Å². The van der Waals surface area contributed by atoms with Crippen LogP contribution in [0.1, 0.15) is 59.6 Å². The van der Waals surface area contributed by atoms with Crippen molar-refractivity contribution in [2.75, 3.05) is 13.2 Å². The lowest BCUT2D eigenvalue weighted by Crippen LogP contribution is -2.40. The number of ether oxygens (including phenoxy) is 2. The van der Waals surface area contributed by atoms with Gasteiger partial charge in [0.2, 0.25) is 0 Å². The van der Waals surface area contributed by atoms with Crippen LogP contribution < -0.4 is 14.8 Å². The van der Waals surface area contributed by atoms with E-state index in [0.717, 1.165) is 31.1 Å². The van der Waals surface area contributed by atoms with Gasteiger partial charge in [0.25, 0.3) is 0 Å². The Bertz CT molecular complexity index is 494. The molecule has 1 aliphatic heterocycles. The highest BCUT2D eigenvalue weighted by Gasteiger charge is 2.33. The molecule has 0 spiro atoms. The summed E-state index contributed by atoms with van der Waals surface area (Å²) in [4.78, 5) is 0. The van der Waals surface area contributed by atoms with Gasteiger partial charge in [0.05, 0.1) is 6.61 Å². The van der Waals surface area contributed by atoms with Crippen LogP contribution in [0, 0.1) is 11.8 Å². The first-order valence-corrected chi connectivity index (χ1v) is 8.46. The molecule has 0 amide bonds. The quantitative estimate of drug-likeness (QED) is 0.835. The lowest BCUT2D eigenvalue weighted by Gasteiger charge is -2.38. The Morgan fingerprint density at radius 3 is 2.59 bits per heavy atom. The van der Waals surface area contributed by atoms with Crippen molar-refractivity contribution >= 4 is 0 Å². The van der Waals surface area contributed by atoms with E-state index in [1.165, 1.54) is 5.56 Å². The van der Waals surface area contributed by atoms with E-state index >= 15 is 0 Å². The van der Waals surface area contributed by atoms with Gasteiger partial charge >= 0.3 is 0 Å². The van der Waals surface area contributed by atoms with Gasteiger partial charge in [-0.15, -0.1) is 0 Å². The second-order valence-electron chi connectivity index (χ2n) is 7.83. The zero-order valence-electron chi connectivity index (χ0n) is 14.9. The van der Waals surface area contributed by atoms with Crippen molar-refractivity contribution in [1.29, 1.82) is 0 Å². The molecule has 0 bridgehead atoms. The summed E-state index contributed by atoms with van der Waals surface area (Å²) in [5, 5.41) is 3.69. The predicted molar refractivity (Wildman–Crippen MR) is 91.7 cm³/mol. The van der Waals surface area contributed by atoms with Gasteiger partial charge in [-0.2, -0.15) is 0 Å². The summed E-state index contributed by atoms with van der Waals surface area (Å²) in [5.74, 6) is 3.08. The Hall–Kier alpha value is -1.22. The topological polar surface area (TPSA) is 30.5 Å². The fourth-order valence-corrected chi connectivity index (χ4v) is 2.75. The van der Waals surface area contributed by atoms with Gasteiger partial charge in [0, 0.05) is 18.0 Å². The first kappa shape index (κ1) is 17.1. The summed E-state index contributed by atoms with van der Waals surface area (Å²) >= 11 is 0.